The van der Waals surface area contributed by atoms with Gasteiger partial charge in [-0.2, -0.15) is 4.37 Å². The van der Waals surface area contributed by atoms with Crippen molar-refractivity contribution in [3.05, 3.63) is 33.6 Å². The summed E-state index contributed by atoms with van der Waals surface area (Å²) in [5.41, 5.74) is 1.07. The minimum atomic E-state index is 0.617. The Kier molecular flexibility index (Phi) is 3.27. The molecular weight excluding hydrogens is 278 g/mol. The molecule has 2 aromatic heterocycles. The number of pyridine rings is 1. The zero-order valence-corrected chi connectivity index (χ0v) is 10.4. The van der Waals surface area contributed by atoms with Gasteiger partial charge in [0.15, 0.2) is 3.92 Å². The third kappa shape index (κ3) is 2.73. The van der Waals surface area contributed by atoms with E-state index in [4.69, 9.17) is 4.74 Å². The molecule has 0 fully saturated rings. The van der Waals surface area contributed by atoms with Crippen molar-refractivity contribution in [3.63, 3.8) is 0 Å². The van der Waals surface area contributed by atoms with Crippen LogP contribution in [0, 0.1) is 0 Å². The summed E-state index contributed by atoms with van der Waals surface area (Å²) in [4.78, 5) is 8.33. The number of hydrogen-bond acceptors (Lipinski definition) is 5. The highest BCUT2D eigenvalue weighted by molar-refractivity contribution is 9.11. The Morgan fingerprint density at radius 3 is 2.87 bits per heavy atom. The van der Waals surface area contributed by atoms with Crippen LogP contribution in [0.2, 0.25) is 0 Å². The Morgan fingerprint density at radius 1 is 1.47 bits per heavy atom. The molecule has 0 saturated heterocycles. The SMILES string of the molecule is COc1ccc(Cc2nsc(Br)n2)cn1. The molecule has 0 aliphatic rings. The molecule has 0 saturated carbocycles. The van der Waals surface area contributed by atoms with Crippen LogP contribution in [0.15, 0.2) is 22.2 Å². The molecular formula is C9H8BrN3OS. The Labute approximate surface area is 99.6 Å². The first-order valence-corrected chi connectivity index (χ1v) is 5.81. The largest absolute Gasteiger partial charge is 0.481 e. The minimum absolute atomic E-state index is 0.617. The molecule has 0 spiro atoms. The topological polar surface area (TPSA) is 47.9 Å². The van der Waals surface area contributed by atoms with E-state index in [-0.39, 0.29) is 0 Å². The van der Waals surface area contributed by atoms with Gasteiger partial charge in [-0.15, -0.1) is 0 Å². The van der Waals surface area contributed by atoms with Gasteiger partial charge in [0, 0.05) is 18.7 Å². The summed E-state index contributed by atoms with van der Waals surface area (Å²) < 4.78 is 9.96. The molecule has 0 aliphatic carbocycles. The molecule has 0 radical (unpaired) electrons. The molecule has 2 aromatic rings. The van der Waals surface area contributed by atoms with E-state index in [1.165, 1.54) is 11.5 Å². The number of hydrogen-bond donors (Lipinski definition) is 0. The maximum Gasteiger partial charge on any atom is 0.212 e. The number of methoxy groups -OCH3 is 1. The summed E-state index contributed by atoms with van der Waals surface area (Å²) in [6.45, 7) is 0. The second-order valence-corrected chi connectivity index (χ2v) is 4.88. The first-order chi connectivity index (χ1) is 7.28. The Balaban J connectivity index is 2.11. The number of aromatic nitrogens is 3. The summed E-state index contributed by atoms with van der Waals surface area (Å²) in [5.74, 6) is 1.42. The van der Waals surface area contributed by atoms with E-state index < -0.39 is 0 Å². The van der Waals surface area contributed by atoms with E-state index in [0.29, 0.717) is 12.3 Å². The van der Waals surface area contributed by atoms with Crippen LogP contribution >= 0.6 is 27.5 Å². The molecule has 2 heterocycles. The monoisotopic (exact) mass is 285 g/mol. The van der Waals surface area contributed by atoms with Gasteiger partial charge in [-0.25, -0.2) is 9.97 Å². The number of rotatable bonds is 3. The van der Waals surface area contributed by atoms with Gasteiger partial charge in [0.25, 0.3) is 0 Å². The molecule has 0 amide bonds. The molecule has 15 heavy (non-hydrogen) atoms. The molecule has 0 bridgehead atoms. The summed E-state index contributed by atoms with van der Waals surface area (Å²) in [7, 11) is 1.60. The zero-order valence-electron chi connectivity index (χ0n) is 7.98. The molecule has 4 nitrogen and oxygen atoms in total. The van der Waals surface area contributed by atoms with Gasteiger partial charge in [-0.3, -0.25) is 0 Å². The van der Waals surface area contributed by atoms with Gasteiger partial charge in [-0.1, -0.05) is 6.07 Å². The molecule has 0 aromatic carbocycles. The van der Waals surface area contributed by atoms with Gasteiger partial charge in [0.1, 0.15) is 5.82 Å². The van der Waals surface area contributed by atoms with Gasteiger partial charge < -0.3 is 4.74 Å². The number of ether oxygens (including phenoxy) is 1. The maximum absolute atomic E-state index is 4.98. The van der Waals surface area contributed by atoms with Gasteiger partial charge in [0.05, 0.1) is 7.11 Å². The molecule has 78 valence electrons. The Bertz CT molecular complexity index is 443. The lowest BCUT2D eigenvalue weighted by atomic mass is 10.2. The van der Waals surface area contributed by atoms with Crippen molar-refractivity contribution in [3.8, 4) is 5.88 Å². The van der Waals surface area contributed by atoms with Crippen molar-refractivity contribution in [1.82, 2.24) is 14.3 Å². The molecule has 2 rings (SSSR count). The molecule has 0 N–H and O–H groups in total. The highest BCUT2D eigenvalue weighted by atomic mass is 79.9. The molecule has 0 unspecified atom stereocenters. The van der Waals surface area contributed by atoms with Crippen molar-refractivity contribution < 1.29 is 4.74 Å². The van der Waals surface area contributed by atoms with Crippen LogP contribution in [0.5, 0.6) is 5.88 Å². The van der Waals surface area contributed by atoms with E-state index >= 15 is 0 Å². The van der Waals surface area contributed by atoms with Crippen LogP contribution in [0.1, 0.15) is 11.4 Å². The minimum Gasteiger partial charge on any atom is -0.481 e. The Morgan fingerprint density at radius 2 is 2.33 bits per heavy atom. The van der Waals surface area contributed by atoms with Crippen molar-refractivity contribution in [2.75, 3.05) is 7.11 Å². The third-order valence-corrected chi connectivity index (χ3v) is 2.97. The van der Waals surface area contributed by atoms with E-state index in [0.717, 1.165) is 15.3 Å². The molecule has 0 aliphatic heterocycles. The van der Waals surface area contributed by atoms with Crippen molar-refractivity contribution in [2.24, 2.45) is 0 Å². The first-order valence-electron chi connectivity index (χ1n) is 4.25. The lowest BCUT2D eigenvalue weighted by molar-refractivity contribution is 0.397. The molecule has 0 atom stereocenters. The average Bonchev–Trinajstić information content (AvgIpc) is 2.65. The van der Waals surface area contributed by atoms with Crippen LogP contribution in [-0.2, 0) is 6.42 Å². The fourth-order valence-corrected chi connectivity index (χ4v) is 1.98. The van der Waals surface area contributed by atoms with Crippen LogP contribution in [0.4, 0.5) is 0 Å². The third-order valence-electron chi connectivity index (χ3n) is 1.81. The van der Waals surface area contributed by atoms with Crippen molar-refractivity contribution in [1.29, 1.82) is 0 Å². The smallest absolute Gasteiger partial charge is 0.212 e. The van der Waals surface area contributed by atoms with Gasteiger partial charge in [0.2, 0.25) is 5.88 Å². The summed E-state index contributed by atoms with van der Waals surface area (Å²) in [6.07, 6.45) is 2.47. The van der Waals surface area contributed by atoms with E-state index in [9.17, 15) is 0 Å². The predicted molar refractivity (Wildman–Crippen MR) is 61.2 cm³/mol. The van der Waals surface area contributed by atoms with Crippen LogP contribution < -0.4 is 4.74 Å². The first kappa shape index (κ1) is 10.5. The van der Waals surface area contributed by atoms with Gasteiger partial charge in [-0.05, 0) is 33.0 Å². The van der Waals surface area contributed by atoms with E-state index in [2.05, 4.69) is 30.3 Å². The second-order valence-electron chi connectivity index (χ2n) is 2.85. The average molecular weight is 286 g/mol. The van der Waals surface area contributed by atoms with Crippen LogP contribution in [-0.4, -0.2) is 21.5 Å². The van der Waals surface area contributed by atoms with E-state index in [1.807, 2.05) is 12.1 Å². The molecule has 6 heteroatoms. The summed E-state index contributed by atoms with van der Waals surface area (Å²) in [6, 6.07) is 3.79. The standard InChI is InChI=1S/C9H8BrN3OS/c1-14-8-3-2-6(5-11-8)4-7-12-9(10)15-13-7/h2-3,5H,4H2,1H3. The number of nitrogens with zero attached hydrogens (tertiary/aromatic N) is 3. The fourth-order valence-electron chi connectivity index (χ4n) is 1.12. The van der Waals surface area contributed by atoms with Crippen molar-refractivity contribution in [2.45, 2.75) is 6.42 Å². The highest BCUT2D eigenvalue weighted by Gasteiger charge is 2.03. The number of halogens is 1. The summed E-state index contributed by atoms with van der Waals surface area (Å²) in [5, 5.41) is 0. The van der Waals surface area contributed by atoms with Crippen LogP contribution in [0.3, 0.4) is 0 Å². The quantitative estimate of drug-likeness (QED) is 0.868. The fraction of sp³-hybridized carbons (Fsp3) is 0.222. The zero-order chi connectivity index (χ0) is 10.7. The maximum atomic E-state index is 4.98. The normalized spacial score (nSPS) is 10.3. The lowest BCUT2D eigenvalue weighted by Gasteiger charge is -1.99. The Hall–Kier alpha value is -1.01. The van der Waals surface area contributed by atoms with Gasteiger partial charge >= 0.3 is 0 Å². The van der Waals surface area contributed by atoms with Crippen molar-refractivity contribution >= 4 is 27.5 Å². The van der Waals surface area contributed by atoms with E-state index in [1.54, 1.807) is 13.3 Å². The lowest BCUT2D eigenvalue weighted by Crippen LogP contribution is -1.93. The van der Waals surface area contributed by atoms with Crippen LogP contribution in [0.25, 0.3) is 0 Å². The summed E-state index contributed by atoms with van der Waals surface area (Å²) >= 11 is 4.62. The highest BCUT2D eigenvalue weighted by Crippen LogP contribution is 2.15. The predicted octanol–water partition coefficient (Wildman–Crippen LogP) is 2.29. The second kappa shape index (κ2) is 4.67.